The maximum atomic E-state index is 13.7. The molecule has 2 aliphatic rings. The van der Waals surface area contributed by atoms with Gasteiger partial charge in [-0.3, -0.25) is 24.0 Å². The van der Waals surface area contributed by atoms with Crippen LogP contribution in [0.15, 0.2) is 67.0 Å². The molecule has 2 bridgehead atoms. The van der Waals surface area contributed by atoms with Gasteiger partial charge in [0.15, 0.2) is 11.5 Å². The van der Waals surface area contributed by atoms with Crippen LogP contribution in [0, 0.1) is 0 Å². The predicted octanol–water partition coefficient (Wildman–Crippen LogP) is 2.01. The van der Waals surface area contributed by atoms with Crippen molar-refractivity contribution in [3.05, 3.63) is 88.8 Å². The minimum Gasteiger partial charge on any atom is -0.493 e. The molecule has 0 saturated carbocycles. The number of amides is 5. The van der Waals surface area contributed by atoms with Crippen molar-refractivity contribution in [2.75, 3.05) is 47.0 Å². The van der Waals surface area contributed by atoms with E-state index in [4.69, 9.17) is 25.8 Å². The molecule has 6 rings (SSSR count). The molecule has 2 atom stereocenters. The van der Waals surface area contributed by atoms with E-state index < -0.39 is 41.6 Å². The van der Waals surface area contributed by atoms with Crippen molar-refractivity contribution in [1.29, 1.82) is 0 Å². The van der Waals surface area contributed by atoms with Crippen molar-refractivity contribution in [2.45, 2.75) is 31.8 Å². The Balaban J connectivity index is 1.41. The van der Waals surface area contributed by atoms with E-state index in [0.717, 1.165) is 5.56 Å². The number of carbonyl (C=O) groups excluding carboxylic acids is 5. The van der Waals surface area contributed by atoms with E-state index in [2.05, 4.69) is 26.3 Å². The van der Waals surface area contributed by atoms with Gasteiger partial charge in [-0.15, -0.1) is 0 Å². The van der Waals surface area contributed by atoms with Gasteiger partial charge in [-0.25, -0.2) is 4.98 Å². The predicted molar refractivity (Wildman–Crippen MR) is 191 cm³/mol. The molecule has 52 heavy (non-hydrogen) atoms. The topological polar surface area (TPSA) is 182 Å². The second-order valence-corrected chi connectivity index (χ2v) is 12.4. The number of aromatic nitrogens is 2. The van der Waals surface area contributed by atoms with Crippen LogP contribution in [0.2, 0.25) is 5.02 Å². The van der Waals surface area contributed by atoms with Crippen LogP contribution in [-0.2, 0) is 20.8 Å². The Morgan fingerprint density at radius 3 is 2.38 bits per heavy atom. The van der Waals surface area contributed by atoms with Crippen LogP contribution in [0.1, 0.15) is 39.8 Å². The molecule has 16 heteroatoms. The highest BCUT2D eigenvalue weighted by Crippen LogP contribution is 2.38. The number of hydrogen-bond acceptors (Lipinski definition) is 9. The van der Waals surface area contributed by atoms with Crippen LogP contribution in [0.3, 0.4) is 0 Å². The van der Waals surface area contributed by atoms with E-state index in [9.17, 15) is 24.0 Å². The summed E-state index contributed by atoms with van der Waals surface area (Å²) in [5.41, 5.74) is 1.50. The molecule has 4 aromatic rings. The molecule has 4 heterocycles. The van der Waals surface area contributed by atoms with Crippen LogP contribution in [0.25, 0.3) is 5.65 Å². The lowest BCUT2D eigenvalue weighted by molar-refractivity contribution is -0.129. The van der Waals surface area contributed by atoms with Gasteiger partial charge in [0.1, 0.15) is 23.4 Å². The summed E-state index contributed by atoms with van der Waals surface area (Å²) in [5.74, 6) is -2.01. The normalized spacial score (nSPS) is 18.2. The highest BCUT2D eigenvalue weighted by Gasteiger charge is 2.27. The zero-order chi connectivity index (χ0) is 37.2. The summed E-state index contributed by atoms with van der Waals surface area (Å²) in [6, 6.07) is 13.2. The largest absolute Gasteiger partial charge is 0.493 e. The fraction of sp³-hybridized carbons (Fsp3) is 0.333. The molecular weight excluding hydrogens is 694 g/mol. The number of carbonyl (C=O) groups is 5. The minimum atomic E-state index is -1.05. The van der Waals surface area contributed by atoms with Crippen LogP contribution in [-0.4, -0.2) is 103 Å². The third kappa shape index (κ3) is 9.48. The number of nitrogens with zero attached hydrogens (tertiary/aromatic N) is 3. The van der Waals surface area contributed by atoms with Crippen molar-refractivity contribution in [1.82, 2.24) is 35.6 Å². The Hall–Kier alpha value is -5.83. The van der Waals surface area contributed by atoms with Gasteiger partial charge in [0.2, 0.25) is 23.5 Å². The van der Waals surface area contributed by atoms with Crippen molar-refractivity contribution in [3.63, 3.8) is 0 Å². The average molecular weight is 734 g/mol. The summed E-state index contributed by atoms with van der Waals surface area (Å²) in [5, 5.41) is 11.4. The van der Waals surface area contributed by atoms with E-state index >= 15 is 0 Å². The number of imidazole rings is 1. The number of rotatable bonds is 5. The molecule has 15 nitrogen and oxygen atoms in total. The standard InChI is InChI=1S/C36H40ClN7O8/c1-22-33(46)42-26(16-23-8-5-4-6-9-23)35(48)39-13-14-43(36(49)27-20-44-19-25(37)10-11-30(44)41-27)21-31(45)38-12-7-15-52-32-28(50-2)17-24(34(47)40-22)18-29(32)51-3/h4-6,8-11,17-20,22,26H,7,12-16,21H2,1-3H3,(H,38,45)(H,39,48)(H,40,47)(H,42,46)/t22-,26+/m0/s1. The first-order valence-electron chi connectivity index (χ1n) is 16.6. The third-order valence-electron chi connectivity index (χ3n) is 8.21. The van der Waals surface area contributed by atoms with Crippen LogP contribution < -0.4 is 35.5 Å². The molecule has 0 unspecified atom stereocenters. The highest BCUT2D eigenvalue weighted by molar-refractivity contribution is 6.30. The summed E-state index contributed by atoms with van der Waals surface area (Å²) < 4.78 is 18.5. The summed E-state index contributed by atoms with van der Waals surface area (Å²) in [6.45, 7) is 1.44. The van der Waals surface area contributed by atoms with Gasteiger partial charge < -0.3 is 44.8 Å². The molecule has 0 radical (unpaired) electrons. The summed E-state index contributed by atoms with van der Waals surface area (Å²) in [7, 11) is 2.83. The highest BCUT2D eigenvalue weighted by atomic mass is 35.5. The van der Waals surface area contributed by atoms with E-state index in [-0.39, 0.29) is 67.7 Å². The number of pyridine rings is 1. The molecule has 4 N–H and O–H groups in total. The van der Waals surface area contributed by atoms with E-state index in [1.807, 2.05) is 30.3 Å². The van der Waals surface area contributed by atoms with Crippen molar-refractivity contribution in [2.24, 2.45) is 0 Å². The number of hydrogen-bond donors (Lipinski definition) is 4. The van der Waals surface area contributed by atoms with E-state index in [0.29, 0.717) is 17.1 Å². The SMILES string of the molecule is COc1cc2cc(OC)c1OCCCNC(=O)CN(C(=O)c1cn3cc(Cl)ccc3n1)CCNC(=O)[C@@H](Cc1ccccc1)NC(=O)[C@H](C)NC2=O. The Labute approximate surface area is 304 Å². The van der Waals surface area contributed by atoms with Crippen molar-refractivity contribution < 1.29 is 38.2 Å². The molecule has 0 aliphatic carbocycles. The number of ether oxygens (including phenoxy) is 3. The monoisotopic (exact) mass is 733 g/mol. The van der Waals surface area contributed by atoms with Gasteiger partial charge in [-0.05, 0) is 43.2 Å². The maximum absolute atomic E-state index is 13.7. The quantitative estimate of drug-likeness (QED) is 0.223. The summed E-state index contributed by atoms with van der Waals surface area (Å²) in [6.07, 6.45) is 3.64. The number of fused-ring (bicyclic) bond motifs is 20. The van der Waals surface area contributed by atoms with Crippen LogP contribution in [0.5, 0.6) is 17.2 Å². The Bertz CT molecular complexity index is 1910. The lowest BCUT2D eigenvalue weighted by Crippen LogP contribution is -2.54. The van der Waals surface area contributed by atoms with Crippen LogP contribution >= 0.6 is 11.6 Å². The lowest BCUT2D eigenvalue weighted by atomic mass is 10.0. The number of methoxy groups -OCH3 is 2. The molecular formula is C36H40ClN7O8. The maximum Gasteiger partial charge on any atom is 0.274 e. The molecule has 5 amide bonds. The Kier molecular flexibility index (Phi) is 12.5. The summed E-state index contributed by atoms with van der Waals surface area (Å²) >= 11 is 6.11. The van der Waals surface area contributed by atoms with Gasteiger partial charge in [-0.1, -0.05) is 41.9 Å². The number of benzene rings is 2. The number of halogens is 1. The molecule has 2 aliphatic heterocycles. The first kappa shape index (κ1) is 37.4. The smallest absolute Gasteiger partial charge is 0.274 e. The molecule has 2 aromatic heterocycles. The van der Waals surface area contributed by atoms with E-state index in [1.165, 1.54) is 44.4 Å². The van der Waals surface area contributed by atoms with Gasteiger partial charge in [0.05, 0.1) is 32.4 Å². The Morgan fingerprint density at radius 2 is 1.67 bits per heavy atom. The molecule has 274 valence electrons. The third-order valence-corrected chi connectivity index (χ3v) is 8.43. The number of nitrogens with one attached hydrogen (secondary N) is 4. The van der Waals surface area contributed by atoms with Gasteiger partial charge >= 0.3 is 0 Å². The fourth-order valence-corrected chi connectivity index (χ4v) is 5.65. The lowest BCUT2D eigenvalue weighted by Gasteiger charge is -2.24. The first-order valence-corrected chi connectivity index (χ1v) is 17.0. The molecule has 0 fully saturated rings. The fourth-order valence-electron chi connectivity index (χ4n) is 5.48. The van der Waals surface area contributed by atoms with E-state index in [1.54, 1.807) is 22.7 Å². The second-order valence-electron chi connectivity index (χ2n) is 12.0. The van der Waals surface area contributed by atoms with Gasteiger partial charge in [0, 0.05) is 44.0 Å². The minimum absolute atomic E-state index is 0.0440. The van der Waals surface area contributed by atoms with Gasteiger partial charge in [0.25, 0.3) is 11.8 Å². The van der Waals surface area contributed by atoms with Gasteiger partial charge in [-0.2, -0.15) is 0 Å². The molecule has 0 saturated heterocycles. The molecule has 2 aromatic carbocycles. The average Bonchev–Trinajstić information content (AvgIpc) is 3.56. The zero-order valence-electron chi connectivity index (χ0n) is 28.9. The van der Waals surface area contributed by atoms with Crippen LogP contribution in [0.4, 0.5) is 0 Å². The molecule has 0 spiro atoms. The zero-order valence-corrected chi connectivity index (χ0v) is 29.7. The summed E-state index contributed by atoms with van der Waals surface area (Å²) in [4.78, 5) is 72.8. The van der Waals surface area contributed by atoms with Crippen molar-refractivity contribution in [3.8, 4) is 17.2 Å². The van der Waals surface area contributed by atoms with Crippen molar-refractivity contribution >= 4 is 46.8 Å². The Morgan fingerprint density at radius 1 is 0.942 bits per heavy atom. The first-order chi connectivity index (χ1) is 25.1. The second kappa shape index (κ2) is 17.4.